The molecule has 4 N–H and O–H groups in total. The van der Waals surface area contributed by atoms with Crippen molar-refractivity contribution >= 4 is 32.3 Å². The lowest BCUT2D eigenvalue weighted by Gasteiger charge is -2.23. The summed E-state index contributed by atoms with van der Waals surface area (Å²) in [6.45, 7) is 9.92. The van der Waals surface area contributed by atoms with Crippen LogP contribution in [0.4, 0.5) is 9.59 Å². The SMILES string of the molecule is CC(C)(C)OC(=O)S(C(=O)OC(C)(C)C)=c1[nH]c(=O)c2[nH]c(=O)[nH]c2[nH]1. The van der Waals surface area contributed by atoms with Gasteiger partial charge in [-0.25, -0.2) is 14.4 Å². The standard InChI is InChI=1S/C15H22N4O6S/c1-14(2,3)24-12(22)26(13(23)25-15(4,5)6)11-18-8-7(9(20)19-11)16-10(21)17-8/h18H,1-6H3,(H,19,20)(H2,16,17,21). The normalized spacial score (nSPS) is 12.4. The molecule has 0 unspecified atom stereocenters. The van der Waals surface area contributed by atoms with Crippen LogP contribution in [0.5, 0.6) is 0 Å². The van der Waals surface area contributed by atoms with Crippen LogP contribution in [0.1, 0.15) is 41.5 Å². The predicted molar refractivity (Wildman–Crippen MR) is 97.2 cm³/mol. The van der Waals surface area contributed by atoms with Crippen molar-refractivity contribution in [2.45, 2.75) is 52.7 Å². The molecule has 2 heterocycles. The number of hydrogen-bond donors (Lipinski definition) is 4. The fourth-order valence-corrected chi connectivity index (χ4v) is 3.41. The molecule has 26 heavy (non-hydrogen) atoms. The molecule has 2 aromatic rings. The molecule has 0 amide bonds. The summed E-state index contributed by atoms with van der Waals surface area (Å²) in [7, 11) is -1.90. The highest BCUT2D eigenvalue weighted by atomic mass is 32.2. The van der Waals surface area contributed by atoms with Gasteiger partial charge in [-0.3, -0.25) is 14.8 Å². The van der Waals surface area contributed by atoms with Crippen molar-refractivity contribution in [3.05, 3.63) is 25.6 Å². The van der Waals surface area contributed by atoms with Crippen molar-refractivity contribution in [2.75, 3.05) is 0 Å². The number of hydrogen-bond acceptors (Lipinski definition) is 6. The second kappa shape index (κ2) is 6.63. The zero-order chi connectivity index (χ0) is 19.9. The molecule has 2 rings (SSSR count). The molecule has 0 aromatic carbocycles. The number of ether oxygens (including phenoxy) is 2. The van der Waals surface area contributed by atoms with Crippen LogP contribution in [0.2, 0.25) is 0 Å². The van der Waals surface area contributed by atoms with E-state index < -0.39 is 43.5 Å². The Morgan fingerprint density at radius 2 is 1.31 bits per heavy atom. The van der Waals surface area contributed by atoms with Gasteiger partial charge in [-0.15, -0.1) is 0 Å². The minimum atomic E-state index is -1.90. The lowest BCUT2D eigenvalue weighted by molar-refractivity contribution is 0.0692. The second-order valence-electron chi connectivity index (χ2n) is 7.47. The first-order valence-electron chi connectivity index (χ1n) is 7.75. The van der Waals surface area contributed by atoms with Crippen molar-refractivity contribution < 1.29 is 19.1 Å². The van der Waals surface area contributed by atoms with Crippen molar-refractivity contribution in [2.24, 2.45) is 0 Å². The van der Waals surface area contributed by atoms with Crippen LogP contribution >= 0.6 is 10.5 Å². The molecule has 0 aliphatic carbocycles. The highest BCUT2D eigenvalue weighted by Crippen LogP contribution is 2.28. The average molecular weight is 386 g/mol. The summed E-state index contributed by atoms with van der Waals surface area (Å²) in [5, 5.41) is -1.73. The van der Waals surface area contributed by atoms with E-state index in [0.29, 0.717) is 0 Å². The lowest BCUT2D eigenvalue weighted by Crippen LogP contribution is -2.27. The molecule has 2 aromatic heterocycles. The minimum Gasteiger partial charge on any atom is -0.452 e. The van der Waals surface area contributed by atoms with Crippen LogP contribution in [0.15, 0.2) is 9.59 Å². The molecule has 144 valence electrons. The number of aromatic amines is 4. The monoisotopic (exact) mass is 386 g/mol. The zero-order valence-electron chi connectivity index (χ0n) is 15.4. The van der Waals surface area contributed by atoms with E-state index in [1.807, 2.05) is 0 Å². The molecule has 0 saturated heterocycles. The maximum Gasteiger partial charge on any atom is 0.376 e. The largest absolute Gasteiger partial charge is 0.452 e. The fourth-order valence-electron chi connectivity index (χ4n) is 1.88. The van der Waals surface area contributed by atoms with Crippen LogP contribution in [0.25, 0.3) is 11.2 Å². The fraction of sp³-hybridized carbons (Fsp3) is 0.533. The van der Waals surface area contributed by atoms with Gasteiger partial charge in [-0.05, 0) is 41.5 Å². The summed E-state index contributed by atoms with van der Waals surface area (Å²) in [5.74, 6) is 0. The molecule has 0 aliphatic heterocycles. The highest BCUT2D eigenvalue weighted by Gasteiger charge is 2.29. The molecule has 10 nitrogen and oxygen atoms in total. The Labute approximate surface area is 150 Å². The minimum absolute atomic E-state index is 0.0318. The van der Waals surface area contributed by atoms with E-state index in [4.69, 9.17) is 9.47 Å². The molecule has 0 bridgehead atoms. The molecule has 0 fully saturated rings. The van der Waals surface area contributed by atoms with Crippen molar-refractivity contribution in [3.63, 3.8) is 0 Å². The van der Waals surface area contributed by atoms with E-state index in [2.05, 4.69) is 19.9 Å². The molecule has 11 heteroatoms. The van der Waals surface area contributed by atoms with E-state index >= 15 is 0 Å². The number of H-pyrrole nitrogens is 4. The average Bonchev–Trinajstić information content (AvgIpc) is 2.75. The van der Waals surface area contributed by atoms with E-state index in [1.165, 1.54) is 0 Å². The molecule has 0 atom stereocenters. The Bertz CT molecular complexity index is 1010. The van der Waals surface area contributed by atoms with Crippen LogP contribution < -0.4 is 11.2 Å². The van der Waals surface area contributed by atoms with Gasteiger partial charge in [0.25, 0.3) is 5.56 Å². The van der Waals surface area contributed by atoms with Crippen LogP contribution in [0, 0.1) is 4.77 Å². The van der Waals surface area contributed by atoms with Gasteiger partial charge in [0, 0.05) is 0 Å². The van der Waals surface area contributed by atoms with E-state index in [1.54, 1.807) is 41.5 Å². The highest BCUT2D eigenvalue weighted by molar-refractivity contribution is 8.34. The zero-order valence-corrected chi connectivity index (χ0v) is 16.2. The van der Waals surface area contributed by atoms with E-state index in [0.717, 1.165) is 0 Å². The van der Waals surface area contributed by atoms with Crippen molar-refractivity contribution in [1.82, 2.24) is 19.9 Å². The second-order valence-corrected chi connectivity index (χ2v) is 9.16. The Kier molecular flexibility index (Phi) is 5.04. The quantitative estimate of drug-likeness (QED) is 0.403. The molecular formula is C15H22N4O6S. The maximum absolute atomic E-state index is 12.6. The first-order valence-corrected chi connectivity index (χ1v) is 8.97. The molecule has 0 radical (unpaired) electrons. The lowest BCUT2D eigenvalue weighted by atomic mass is 10.2. The molecule has 0 aliphatic rings. The summed E-state index contributed by atoms with van der Waals surface area (Å²) < 4.78 is 10.5. The first-order chi connectivity index (χ1) is 11.8. The van der Waals surface area contributed by atoms with Crippen LogP contribution in [-0.2, 0) is 9.47 Å². The van der Waals surface area contributed by atoms with Gasteiger partial charge >= 0.3 is 16.3 Å². The summed E-state index contributed by atoms with van der Waals surface area (Å²) in [4.78, 5) is 58.6. The number of imidazole rings is 1. The third-order valence-electron chi connectivity index (χ3n) is 2.74. The number of carbonyl (C=O) groups excluding carboxylic acids is 2. The summed E-state index contributed by atoms with van der Waals surface area (Å²) in [5.41, 5.74) is -2.95. The topological polar surface area (TPSA) is 150 Å². The van der Waals surface area contributed by atoms with Crippen molar-refractivity contribution in [1.29, 1.82) is 0 Å². The van der Waals surface area contributed by atoms with E-state index in [-0.39, 0.29) is 15.9 Å². The van der Waals surface area contributed by atoms with Gasteiger partial charge in [0.2, 0.25) is 0 Å². The smallest absolute Gasteiger partial charge is 0.376 e. The summed E-state index contributed by atoms with van der Waals surface area (Å²) in [6.07, 6.45) is 0. The number of carbonyl (C=O) groups is 2. The Balaban J connectivity index is 2.75. The number of rotatable bonds is 0. The van der Waals surface area contributed by atoms with Crippen LogP contribution in [0.3, 0.4) is 0 Å². The molecule has 0 spiro atoms. The molecular weight excluding hydrogens is 364 g/mol. The van der Waals surface area contributed by atoms with Crippen molar-refractivity contribution in [3.8, 4) is 0 Å². The Morgan fingerprint density at radius 1 is 0.808 bits per heavy atom. The molecule has 0 saturated carbocycles. The third kappa shape index (κ3) is 4.75. The first kappa shape index (κ1) is 19.8. The Morgan fingerprint density at radius 3 is 1.77 bits per heavy atom. The summed E-state index contributed by atoms with van der Waals surface area (Å²) >= 11 is 0. The van der Waals surface area contributed by atoms with E-state index in [9.17, 15) is 19.2 Å². The van der Waals surface area contributed by atoms with Gasteiger partial charge in [-0.2, -0.15) is 0 Å². The van der Waals surface area contributed by atoms with Gasteiger partial charge in [0.15, 0.2) is 4.77 Å². The number of fused-ring (bicyclic) bond motifs is 1. The van der Waals surface area contributed by atoms with Gasteiger partial charge in [0.05, 0.1) is 10.5 Å². The maximum atomic E-state index is 12.6. The number of aromatic nitrogens is 4. The van der Waals surface area contributed by atoms with Crippen LogP contribution in [-0.4, -0.2) is 41.7 Å². The number of nitrogens with one attached hydrogen (secondary N) is 4. The van der Waals surface area contributed by atoms with Gasteiger partial charge in [-0.1, -0.05) is 0 Å². The Hall–Kier alpha value is -2.56. The third-order valence-corrected chi connectivity index (χ3v) is 4.18. The predicted octanol–water partition coefficient (Wildman–Crippen LogP) is 2.54. The van der Waals surface area contributed by atoms with Gasteiger partial charge in [0.1, 0.15) is 22.4 Å². The van der Waals surface area contributed by atoms with Gasteiger partial charge < -0.3 is 19.4 Å². The summed E-state index contributed by atoms with van der Waals surface area (Å²) in [6, 6.07) is 0.